The van der Waals surface area contributed by atoms with E-state index in [0.29, 0.717) is 18.0 Å². The average Bonchev–Trinajstić information content (AvgIpc) is 3.23. The number of rotatable bonds is 5. The summed E-state index contributed by atoms with van der Waals surface area (Å²) < 4.78 is 7.12. The molecule has 0 saturated carbocycles. The third-order valence-corrected chi connectivity index (χ3v) is 4.65. The minimum absolute atomic E-state index is 0.0144. The van der Waals surface area contributed by atoms with Crippen molar-refractivity contribution in [1.29, 1.82) is 0 Å². The predicted octanol–water partition coefficient (Wildman–Crippen LogP) is 2.98. The first kappa shape index (κ1) is 16.5. The predicted molar refractivity (Wildman–Crippen MR) is 88.3 cm³/mol. The van der Waals surface area contributed by atoms with Gasteiger partial charge in [0, 0.05) is 32.6 Å². The molecular weight excluding hydrogens is 306 g/mol. The number of nitrogens with zero attached hydrogens (tertiary/aromatic N) is 3. The van der Waals surface area contributed by atoms with E-state index in [0.717, 1.165) is 18.6 Å². The summed E-state index contributed by atoms with van der Waals surface area (Å²) in [5, 5.41) is 4.00. The molecule has 2 atom stereocenters. The molecule has 2 aromatic heterocycles. The highest BCUT2D eigenvalue weighted by molar-refractivity contribution is 5.97. The van der Waals surface area contributed by atoms with Gasteiger partial charge in [0.2, 0.25) is 5.91 Å². The first-order valence-electron chi connectivity index (χ1n) is 8.39. The number of ketones is 1. The van der Waals surface area contributed by atoms with E-state index in [1.807, 2.05) is 17.0 Å². The molecule has 6 nitrogen and oxygen atoms in total. The topological polar surface area (TPSA) is 68.3 Å². The minimum atomic E-state index is -0.0450. The second-order valence-corrected chi connectivity index (χ2v) is 6.57. The summed E-state index contributed by atoms with van der Waals surface area (Å²) in [7, 11) is 1.77. The Kier molecular flexibility index (Phi) is 4.83. The minimum Gasteiger partial charge on any atom is -0.467 e. The Morgan fingerprint density at radius 3 is 2.88 bits per heavy atom. The van der Waals surface area contributed by atoms with E-state index in [9.17, 15) is 9.59 Å². The van der Waals surface area contributed by atoms with E-state index < -0.39 is 0 Å². The standard InChI is InChI=1S/C18H23N3O3/c1-13-7-8-21(15(10-13)17-4-3-9-24-17)18(23)6-5-16(22)14-11-19-20(2)12-14/h3-4,9,11-13,15H,5-8,10H2,1-2H3. The van der Waals surface area contributed by atoms with Crippen LogP contribution < -0.4 is 0 Å². The summed E-state index contributed by atoms with van der Waals surface area (Å²) in [6.07, 6.45) is 7.18. The molecule has 0 spiro atoms. The lowest BCUT2D eigenvalue weighted by molar-refractivity contribution is -0.136. The van der Waals surface area contributed by atoms with Crippen LogP contribution in [0.2, 0.25) is 0 Å². The second kappa shape index (κ2) is 7.03. The van der Waals surface area contributed by atoms with Gasteiger partial charge in [0.05, 0.1) is 24.1 Å². The van der Waals surface area contributed by atoms with Gasteiger partial charge in [-0.3, -0.25) is 14.3 Å². The van der Waals surface area contributed by atoms with Gasteiger partial charge >= 0.3 is 0 Å². The normalized spacial score (nSPS) is 21.0. The highest BCUT2D eigenvalue weighted by atomic mass is 16.3. The van der Waals surface area contributed by atoms with Gasteiger partial charge in [0.15, 0.2) is 5.78 Å². The van der Waals surface area contributed by atoms with Crippen molar-refractivity contribution in [2.45, 2.75) is 38.6 Å². The van der Waals surface area contributed by atoms with Crippen LogP contribution in [0.5, 0.6) is 0 Å². The molecule has 1 amide bonds. The zero-order valence-electron chi connectivity index (χ0n) is 14.1. The molecule has 1 fully saturated rings. The molecule has 1 aliphatic heterocycles. The Morgan fingerprint density at radius 1 is 1.38 bits per heavy atom. The Morgan fingerprint density at radius 2 is 2.21 bits per heavy atom. The highest BCUT2D eigenvalue weighted by Gasteiger charge is 2.32. The highest BCUT2D eigenvalue weighted by Crippen LogP contribution is 2.34. The van der Waals surface area contributed by atoms with Gasteiger partial charge < -0.3 is 9.32 Å². The fourth-order valence-electron chi connectivity index (χ4n) is 3.26. The molecule has 0 bridgehead atoms. The maximum absolute atomic E-state index is 12.7. The van der Waals surface area contributed by atoms with Crippen molar-refractivity contribution in [2.24, 2.45) is 13.0 Å². The number of aromatic nitrogens is 2. The van der Waals surface area contributed by atoms with Gasteiger partial charge in [-0.2, -0.15) is 5.10 Å². The van der Waals surface area contributed by atoms with Crippen molar-refractivity contribution in [2.75, 3.05) is 6.54 Å². The fraction of sp³-hybridized carbons (Fsp3) is 0.500. The van der Waals surface area contributed by atoms with Crippen LogP contribution in [0.25, 0.3) is 0 Å². The Labute approximate surface area is 141 Å². The molecule has 2 aromatic rings. The molecule has 0 radical (unpaired) electrons. The number of hydrogen-bond acceptors (Lipinski definition) is 4. The number of hydrogen-bond donors (Lipinski definition) is 0. The molecule has 0 N–H and O–H groups in total. The molecule has 6 heteroatoms. The van der Waals surface area contributed by atoms with Crippen LogP contribution in [0.4, 0.5) is 0 Å². The number of furan rings is 1. The molecule has 3 heterocycles. The maximum Gasteiger partial charge on any atom is 0.223 e. The molecule has 0 aromatic carbocycles. The zero-order valence-corrected chi connectivity index (χ0v) is 14.1. The van der Waals surface area contributed by atoms with Crippen LogP contribution in [0.1, 0.15) is 54.8 Å². The van der Waals surface area contributed by atoms with Crippen molar-refractivity contribution < 1.29 is 14.0 Å². The van der Waals surface area contributed by atoms with Crippen molar-refractivity contribution in [3.05, 3.63) is 42.1 Å². The Balaban J connectivity index is 1.63. The van der Waals surface area contributed by atoms with Gasteiger partial charge in [-0.15, -0.1) is 0 Å². The van der Waals surface area contributed by atoms with Crippen LogP contribution in [-0.4, -0.2) is 32.9 Å². The summed E-state index contributed by atoms with van der Waals surface area (Å²) >= 11 is 0. The van der Waals surface area contributed by atoms with E-state index in [4.69, 9.17) is 4.42 Å². The monoisotopic (exact) mass is 329 g/mol. The lowest BCUT2D eigenvalue weighted by Gasteiger charge is -2.37. The van der Waals surface area contributed by atoms with Crippen LogP contribution >= 0.6 is 0 Å². The third-order valence-electron chi connectivity index (χ3n) is 4.65. The Bertz CT molecular complexity index is 705. The van der Waals surface area contributed by atoms with Gasteiger partial charge in [0.25, 0.3) is 0 Å². The molecule has 0 aliphatic carbocycles. The van der Waals surface area contributed by atoms with E-state index in [1.165, 1.54) is 0 Å². The van der Waals surface area contributed by atoms with E-state index in [-0.39, 0.29) is 30.6 Å². The zero-order chi connectivity index (χ0) is 17.1. The largest absolute Gasteiger partial charge is 0.467 e. The average molecular weight is 329 g/mol. The maximum atomic E-state index is 12.7. The first-order valence-corrected chi connectivity index (χ1v) is 8.39. The molecule has 128 valence electrons. The summed E-state index contributed by atoms with van der Waals surface area (Å²) in [6, 6.07) is 3.75. The quantitative estimate of drug-likeness (QED) is 0.791. The molecule has 3 rings (SSSR count). The number of carbonyl (C=O) groups excluding carboxylic acids is 2. The van der Waals surface area contributed by atoms with Gasteiger partial charge in [-0.1, -0.05) is 6.92 Å². The summed E-state index contributed by atoms with van der Waals surface area (Å²) in [4.78, 5) is 26.7. The lowest BCUT2D eigenvalue weighted by Crippen LogP contribution is -2.40. The van der Waals surface area contributed by atoms with Crippen LogP contribution in [0.3, 0.4) is 0 Å². The smallest absolute Gasteiger partial charge is 0.223 e. The van der Waals surface area contributed by atoms with Crippen LogP contribution in [0.15, 0.2) is 35.2 Å². The number of likely N-dealkylation sites (tertiary alicyclic amines) is 1. The number of amides is 1. The van der Waals surface area contributed by atoms with Gasteiger partial charge in [0.1, 0.15) is 5.76 Å². The van der Waals surface area contributed by atoms with E-state index in [1.54, 1.807) is 30.4 Å². The van der Waals surface area contributed by atoms with Crippen LogP contribution in [-0.2, 0) is 11.8 Å². The number of carbonyl (C=O) groups is 2. The number of aryl methyl sites for hydroxylation is 1. The molecule has 2 unspecified atom stereocenters. The van der Waals surface area contributed by atoms with Crippen molar-refractivity contribution in [3.8, 4) is 0 Å². The second-order valence-electron chi connectivity index (χ2n) is 6.57. The molecule has 24 heavy (non-hydrogen) atoms. The van der Waals surface area contributed by atoms with Crippen LogP contribution in [0, 0.1) is 5.92 Å². The Hall–Kier alpha value is -2.37. The fourth-order valence-corrected chi connectivity index (χ4v) is 3.26. The summed E-state index contributed by atoms with van der Waals surface area (Å²) in [5.74, 6) is 1.35. The van der Waals surface area contributed by atoms with Crippen molar-refractivity contribution in [3.63, 3.8) is 0 Å². The molecular formula is C18H23N3O3. The number of Topliss-reactive ketones (excluding diaryl/α,β-unsaturated/α-hetero) is 1. The molecule has 1 aliphatic rings. The van der Waals surface area contributed by atoms with Crippen molar-refractivity contribution >= 4 is 11.7 Å². The van der Waals surface area contributed by atoms with Gasteiger partial charge in [-0.25, -0.2) is 0 Å². The van der Waals surface area contributed by atoms with E-state index in [2.05, 4.69) is 12.0 Å². The first-order chi connectivity index (χ1) is 11.5. The van der Waals surface area contributed by atoms with Crippen molar-refractivity contribution in [1.82, 2.24) is 14.7 Å². The molecule has 1 saturated heterocycles. The lowest BCUT2D eigenvalue weighted by atomic mass is 9.90. The van der Waals surface area contributed by atoms with E-state index >= 15 is 0 Å². The number of piperidine rings is 1. The third kappa shape index (κ3) is 3.58. The SMILES string of the molecule is CC1CCN(C(=O)CCC(=O)c2cnn(C)c2)C(c2ccco2)C1. The summed E-state index contributed by atoms with van der Waals surface area (Å²) in [6.45, 7) is 2.91. The summed E-state index contributed by atoms with van der Waals surface area (Å²) in [5.41, 5.74) is 0.556. The van der Waals surface area contributed by atoms with Gasteiger partial charge in [-0.05, 0) is 30.9 Å².